The second-order valence-electron chi connectivity index (χ2n) is 6.80. The molecule has 2 atom stereocenters. The fraction of sp³-hybridized carbons (Fsp3) is 0.316. The number of aliphatic imine (C=N–C) groups is 1. The lowest BCUT2D eigenvalue weighted by Crippen LogP contribution is -2.64. The largest absolute Gasteiger partial charge is 0.458 e. The lowest BCUT2D eigenvalue weighted by atomic mass is 10.1. The number of aromatic nitrogens is 1. The van der Waals surface area contributed by atoms with Gasteiger partial charge in [0.15, 0.2) is 18.0 Å². The van der Waals surface area contributed by atoms with Crippen molar-refractivity contribution in [3.8, 4) is 11.3 Å². The Labute approximate surface area is 166 Å². The molecule has 0 bridgehead atoms. The lowest BCUT2D eigenvalue weighted by Gasteiger charge is -2.39. The van der Waals surface area contributed by atoms with E-state index < -0.39 is 30.1 Å². The van der Waals surface area contributed by atoms with Crippen molar-refractivity contribution in [2.75, 3.05) is 20.6 Å². The number of carbonyl (C=O) groups is 3. The van der Waals surface area contributed by atoms with E-state index in [-0.39, 0.29) is 13.2 Å². The van der Waals surface area contributed by atoms with Crippen molar-refractivity contribution >= 4 is 24.2 Å². The first kappa shape index (κ1) is 18.7. The molecule has 0 aliphatic carbocycles. The van der Waals surface area contributed by atoms with Gasteiger partial charge >= 0.3 is 12.0 Å². The number of imide groups is 1. The number of esters is 1. The van der Waals surface area contributed by atoms with Gasteiger partial charge in [0.25, 0.3) is 5.91 Å². The standard InChI is InChI=1S/C19H19N5O5/c1-22-17-16(18(26)23(2)19(22)27)24(11-20-17)9-15(25)28-10-13-8-14(29-21-13)12-6-4-3-5-7-12/h3-8,11,16-17H,9-10H2,1-2H3. The fourth-order valence-electron chi connectivity index (χ4n) is 3.31. The fourth-order valence-corrected chi connectivity index (χ4v) is 3.31. The monoisotopic (exact) mass is 397 g/mol. The highest BCUT2D eigenvalue weighted by Crippen LogP contribution is 2.24. The molecule has 3 heterocycles. The van der Waals surface area contributed by atoms with E-state index in [4.69, 9.17) is 9.26 Å². The number of likely N-dealkylation sites (N-methyl/N-ethyl adjacent to an activating group) is 2. The van der Waals surface area contributed by atoms with Crippen LogP contribution in [0.25, 0.3) is 11.3 Å². The molecule has 2 unspecified atom stereocenters. The number of hydrogen-bond acceptors (Lipinski definition) is 8. The van der Waals surface area contributed by atoms with E-state index in [1.54, 1.807) is 13.1 Å². The van der Waals surface area contributed by atoms with Gasteiger partial charge in [-0.3, -0.25) is 14.5 Å². The summed E-state index contributed by atoms with van der Waals surface area (Å²) in [7, 11) is 2.97. The van der Waals surface area contributed by atoms with Crippen LogP contribution in [0, 0.1) is 0 Å². The van der Waals surface area contributed by atoms with Crippen LogP contribution >= 0.6 is 0 Å². The topological polar surface area (TPSA) is 109 Å². The number of urea groups is 1. The molecule has 0 spiro atoms. The molecule has 2 aromatic rings. The summed E-state index contributed by atoms with van der Waals surface area (Å²) in [5.41, 5.74) is 1.35. The van der Waals surface area contributed by atoms with E-state index in [0.29, 0.717) is 11.5 Å². The van der Waals surface area contributed by atoms with Crippen LogP contribution in [-0.4, -0.2) is 77.0 Å². The zero-order valence-corrected chi connectivity index (χ0v) is 15.9. The summed E-state index contributed by atoms with van der Waals surface area (Å²) in [5.74, 6) is -0.376. The van der Waals surface area contributed by atoms with E-state index in [0.717, 1.165) is 10.5 Å². The Hall–Kier alpha value is -3.69. The molecule has 0 N–H and O–H groups in total. The van der Waals surface area contributed by atoms with E-state index >= 15 is 0 Å². The lowest BCUT2D eigenvalue weighted by molar-refractivity contribution is -0.147. The molecular weight excluding hydrogens is 378 g/mol. The van der Waals surface area contributed by atoms with Crippen molar-refractivity contribution < 1.29 is 23.6 Å². The summed E-state index contributed by atoms with van der Waals surface area (Å²) in [6.07, 6.45) is 0.754. The van der Waals surface area contributed by atoms with Crippen molar-refractivity contribution in [3.05, 3.63) is 42.1 Å². The molecule has 0 radical (unpaired) electrons. The molecule has 29 heavy (non-hydrogen) atoms. The van der Waals surface area contributed by atoms with E-state index in [1.807, 2.05) is 30.3 Å². The van der Waals surface area contributed by atoms with Crippen LogP contribution < -0.4 is 0 Å². The molecule has 10 nitrogen and oxygen atoms in total. The molecular formula is C19H19N5O5. The first-order valence-corrected chi connectivity index (χ1v) is 8.96. The molecule has 150 valence electrons. The Bertz CT molecular complexity index is 972. The number of ether oxygens (including phenoxy) is 1. The quantitative estimate of drug-likeness (QED) is 0.691. The molecule has 10 heteroatoms. The van der Waals surface area contributed by atoms with E-state index in [9.17, 15) is 14.4 Å². The van der Waals surface area contributed by atoms with Crippen LogP contribution in [-0.2, 0) is 20.9 Å². The molecule has 1 aromatic heterocycles. The normalized spacial score (nSPS) is 21.0. The second-order valence-corrected chi connectivity index (χ2v) is 6.80. The number of fused-ring (bicyclic) bond motifs is 1. The summed E-state index contributed by atoms with van der Waals surface area (Å²) >= 11 is 0. The van der Waals surface area contributed by atoms with Crippen LogP contribution in [0.5, 0.6) is 0 Å². The Kier molecular flexibility index (Phi) is 4.75. The number of benzene rings is 1. The van der Waals surface area contributed by atoms with E-state index in [1.165, 1.54) is 23.2 Å². The summed E-state index contributed by atoms with van der Waals surface area (Å²) in [6, 6.07) is 9.98. The van der Waals surface area contributed by atoms with Gasteiger partial charge in [-0.05, 0) is 0 Å². The van der Waals surface area contributed by atoms with Crippen LogP contribution in [0.4, 0.5) is 4.79 Å². The van der Waals surface area contributed by atoms with Gasteiger partial charge in [-0.15, -0.1) is 0 Å². The van der Waals surface area contributed by atoms with Gasteiger partial charge < -0.3 is 19.1 Å². The van der Waals surface area contributed by atoms with Gasteiger partial charge in [0, 0.05) is 25.7 Å². The van der Waals surface area contributed by atoms with Crippen molar-refractivity contribution in [1.82, 2.24) is 19.9 Å². The first-order valence-electron chi connectivity index (χ1n) is 8.96. The smallest absolute Gasteiger partial charge is 0.328 e. The summed E-state index contributed by atoms with van der Waals surface area (Å²) in [4.78, 5) is 44.8. The Balaban J connectivity index is 1.35. The minimum Gasteiger partial charge on any atom is -0.458 e. The van der Waals surface area contributed by atoms with Crippen LogP contribution in [0.15, 0.2) is 45.9 Å². The van der Waals surface area contributed by atoms with Gasteiger partial charge in [-0.2, -0.15) is 0 Å². The second kappa shape index (κ2) is 7.38. The molecule has 3 amide bonds. The van der Waals surface area contributed by atoms with Gasteiger partial charge in [-0.25, -0.2) is 9.79 Å². The zero-order chi connectivity index (χ0) is 20.5. The predicted octanol–water partition coefficient (Wildman–Crippen LogP) is 0.947. The molecule has 2 aliphatic rings. The third-order valence-corrected chi connectivity index (χ3v) is 4.89. The first-order chi connectivity index (χ1) is 14.0. The molecule has 2 aliphatic heterocycles. The number of amides is 3. The van der Waals surface area contributed by atoms with Gasteiger partial charge in [-0.1, -0.05) is 35.5 Å². The van der Waals surface area contributed by atoms with Crippen molar-refractivity contribution in [2.24, 2.45) is 4.99 Å². The van der Waals surface area contributed by atoms with Crippen molar-refractivity contribution in [3.63, 3.8) is 0 Å². The number of hydrogen-bond donors (Lipinski definition) is 0. The molecule has 1 fully saturated rings. The molecule has 0 saturated carbocycles. The minimum absolute atomic E-state index is 0.0551. The number of rotatable bonds is 5. The zero-order valence-electron chi connectivity index (χ0n) is 15.9. The number of carbonyl (C=O) groups excluding carboxylic acids is 3. The predicted molar refractivity (Wildman–Crippen MR) is 100 cm³/mol. The highest BCUT2D eigenvalue weighted by Gasteiger charge is 2.48. The average molecular weight is 397 g/mol. The summed E-state index contributed by atoms with van der Waals surface area (Å²) in [6.45, 7) is -0.226. The minimum atomic E-state index is -0.744. The maximum Gasteiger partial charge on any atom is 0.328 e. The van der Waals surface area contributed by atoms with Crippen molar-refractivity contribution in [1.29, 1.82) is 0 Å². The highest BCUT2D eigenvalue weighted by molar-refractivity contribution is 6.02. The van der Waals surface area contributed by atoms with Gasteiger partial charge in [0.2, 0.25) is 0 Å². The van der Waals surface area contributed by atoms with E-state index in [2.05, 4.69) is 10.1 Å². The molecule has 4 rings (SSSR count). The van der Waals surface area contributed by atoms with Gasteiger partial charge in [0.05, 0.1) is 6.34 Å². The maximum atomic E-state index is 12.5. The summed E-state index contributed by atoms with van der Waals surface area (Å²) in [5, 5.41) is 3.91. The molecule has 1 saturated heterocycles. The van der Waals surface area contributed by atoms with Crippen LogP contribution in [0.1, 0.15) is 5.69 Å². The molecule has 1 aromatic carbocycles. The average Bonchev–Trinajstić information content (AvgIpc) is 3.37. The Morgan fingerprint density at radius 3 is 2.72 bits per heavy atom. The third kappa shape index (κ3) is 3.44. The summed E-state index contributed by atoms with van der Waals surface area (Å²) < 4.78 is 10.5. The third-order valence-electron chi connectivity index (χ3n) is 4.89. The SMILES string of the molecule is CN1C(=O)C2C(N=CN2CC(=O)OCc2cc(-c3ccccc3)on2)N(C)C1=O. The number of nitrogens with zero attached hydrogens (tertiary/aromatic N) is 5. The Morgan fingerprint density at radius 2 is 1.97 bits per heavy atom. The van der Waals surface area contributed by atoms with Crippen LogP contribution in [0.3, 0.4) is 0 Å². The highest BCUT2D eigenvalue weighted by atomic mass is 16.5. The van der Waals surface area contributed by atoms with Crippen LogP contribution in [0.2, 0.25) is 0 Å². The van der Waals surface area contributed by atoms with Crippen molar-refractivity contribution in [2.45, 2.75) is 18.8 Å². The van der Waals surface area contributed by atoms with Gasteiger partial charge in [0.1, 0.15) is 18.8 Å². The Morgan fingerprint density at radius 1 is 1.21 bits per heavy atom. The maximum absolute atomic E-state index is 12.5.